The molecule has 0 aliphatic carbocycles. The lowest BCUT2D eigenvalue weighted by Gasteiger charge is -2.04. The third-order valence-electron chi connectivity index (χ3n) is 1.58. The molecule has 1 aromatic rings. The zero-order chi connectivity index (χ0) is 11.1. The number of halogens is 1. The fourth-order valence-electron chi connectivity index (χ4n) is 0.916. The van der Waals surface area contributed by atoms with Crippen molar-refractivity contribution in [3.05, 3.63) is 35.9 Å². The number of alkyl carbamates (subject to hydrolysis) is 1. The molecule has 1 amide bonds. The van der Waals surface area contributed by atoms with Crippen LogP contribution in [0.15, 0.2) is 30.3 Å². The highest BCUT2D eigenvalue weighted by Gasteiger charge is 2.04. The Morgan fingerprint density at radius 3 is 2.53 bits per heavy atom. The fraction of sp³-hybridized carbons (Fsp3) is 0.200. The van der Waals surface area contributed by atoms with E-state index >= 15 is 0 Å². The topological polar surface area (TPSA) is 55.4 Å². The summed E-state index contributed by atoms with van der Waals surface area (Å²) < 4.78 is 16.4. The molecule has 1 N–H and O–H groups in total. The van der Waals surface area contributed by atoms with E-state index in [1.807, 2.05) is 23.5 Å². The summed E-state index contributed by atoms with van der Waals surface area (Å²) >= 11 is 0. The van der Waals surface area contributed by atoms with Crippen molar-refractivity contribution in [2.24, 2.45) is 0 Å². The summed E-state index contributed by atoms with van der Waals surface area (Å²) in [5, 5.41) is 1.97. The van der Waals surface area contributed by atoms with Gasteiger partial charge < -0.3 is 10.1 Å². The molecule has 0 saturated heterocycles. The smallest absolute Gasteiger partial charge is 0.407 e. The van der Waals surface area contributed by atoms with E-state index in [4.69, 9.17) is 4.74 Å². The SMILES string of the molecule is O=C(F)CNC(=O)OCc1ccccc1. The number of hydrogen-bond donors (Lipinski definition) is 1. The lowest BCUT2D eigenvalue weighted by atomic mass is 10.2. The molecule has 0 aromatic heterocycles. The standard InChI is InChI=1S/C10H10FNO3/c11-9(13)6-12-10(14)15-7-8-4-2-1-3-5-8/h1-5H,6-7H2,(H,12,14). The van der Waals surface area contributed by atoms with Crippen molar-refractivity contribution in [2.75, 3.05) is 6.54 Å². The number of amides is 1. The first kappa shape index (κ1) is 11.2. The summed E-state index contributed by atoms with van der Waals surface area (Å²) in [5.41, 5.74) is 0.819. The van der Waals surface area contributed by atoms with Crippen molar-refractivity contribution >= 4 is 12.1 Å². The van der Waals surface area contributed by atoms with Crippen LogP contribution in [0.2, 0.25) is 0 Å². The van der Waals surface area contributed by atoms with Gasteiger partial charge in [-0.3, -0.25) is 4.79 Å². The minimum atomic E-state index is -1.60. The molecule has 15 heavy (non-hydrogen) atoms. The van der Waals surface area contributed by atoms with Gasteiger partial charge in [0, 0.05) is 0 Å². The van der Waals surface area contributed by atoms with Crippen LogP contribution in [0.4, 0.5) is 9.18 Å². The number of carbonyl (C=O) groups is 2. The van der Waals surface area contributed by atoms with Crippen molar-refractivity contribution < 1.29 is 18.7 Å². The number of hydrogen-bond acceptors (Lipinski definition) is 3. The Labute approximate surface area is 86.0 Å². The molecule has 0 atom stereocenters. The molecule has 0 spiro atoms. The van der Waals surface area contributed by atoms with E-state index in [0.717, 1.165) is 5.56 Å². The Bertz CT molecular complexity index is 340. The van der Waals surface area contributed by atoms with Gasteiger partial charge in [-0.15, -0.1) is 0 Å². The Morgan fingerprint density at radius 2 is 1.93 bits per heavy atom. The van der Waals surface area contributed by atoms with Gasteiger partial charge in [0.2, 0.25) is 0 Å². The van der Waals surface area contributed by atoms with Crippen LogP contribution >= 0.6 is 0 Å². The van der Waals surface area contributed by atoms with Crippen LogP contribution in [0.25, 0.3) is 0 Å². The molecule has 0 fully saturated rings. The first-order valence-corrected chi connectivity index (χ1v) is 4.31. The molecule has 5 heteroatoms. The van der Waals surface area contributed by atoms with E-state index < -0.39 is 18.7 Å². The molecule has 1 aromatic carbocycles. The number of rotatable bonds is 4. The van der Waals surface area contributed by atoms with E-state index in [2.05, 4.69) is 0 Å². The minimum Gasteiger partial charge on any atom is -0.445 e. The van der Waals surface area contributed by atoms with Crippen LogP contribution in [0.5, 0.6) is 0 Å². The number of carbonyl (C=O) groups excluding carboxylic acids is 2. The maximum Gasteiger partial charge on any atom is 0.407 e. The molecule has 0 unspecified atom stereocenters. The van der Waals surface area contributed by atoms with Crippen LogP contribution in [0.1, 0.15) is 5.56 Å². The second-order valence-electron chi connectivity index (χ2n) is 2.77. The van der Waals surface area contributed by atoms with Crippen molar-refractivity contribution in [3.8, 4) is 0 Å². The molecule has 0 aliphatic rings. The average Bonchev–Trinajstić information content (AvgIpc) is 2.25. The molecular weight excluding hydrogens is 201 g/mol. The van der Waals surface area contributed by atoms with Crippen LogP contribution in [-0.4, -0.2) is 18.7 Å². The summed E-state index contributed by atoms with van der Waals surface area (Å²) in [7, 11) is 0. The number of nitrogens with one attached hydrogen (secondary N) is 1. The van der Waals surface area contributed by atoms with E-state index in [1.165, 1.54) is 0 Å². The maximum absolute atomic E-state index is 11.7. The van der Waals surface area contributed by atoms with Gasteiger partial charge in [0.05, 0.1) is 0 Å². The van der Waals surface area contributed by atoms with Gasteiger partial charge >= 0.3 is 12.1 Å². The molecular formula is C10H10FNO3. The maximum atomic E-state index is 11.7. The number of ether oxygens (including phenoxy) is 1. The summed E-state index contributed by atoms with van der Waals surface area (Å²) in [4.78, 5) is 20.8. The summed E-state index contributed by atoms with van der Waals surface area (Å²) in [6, 6.07) is 7.42. The van der Waals surface area contributed by atoms with Crippen molar-refractivity contribution in [1.29, 1.82) is 0 Å². The summed E-state index contributed by atoms with van der Waals surface area (Å²) in [5.74, 6) is 0. The van der Waals surface area contributed by atoms with E-state index in [0.29, 0.717) is 0 Å². The molecule has 80 valence electrons. The quantitative estimate of drug-likeness (QED) is 0.766. The normalized spacial score (nSPS) is 9.40. The van der Waals surface area contributed by atoms with Gasteiger partial charge in [0.25, 0.3) is 0 Å². The largest absolute Gasteiger partial charge is 0.445 e. The van der Waals surface area contributed by atoms with Gasteiger partial charge in [-0.2, -0.15) is 4.39 Å². The van der Waals surface area contributed by atoms with Gasteiger partial charge in [-0.05, 0) is 5.56 Å². The Morgan fingerprint density at radius 1 is 1.27 bits per heavy atom. The second-order valence-corrected chi connectivity index (χ2v) is 2.77. The predicted molar refractivity (Wildman–Crippen MR) is 50.7 cm³/mol. The third kappa shape index (κ3) is 4.75. The van der Waals surface area contributed by atoms with Gasteiger partial charge in [-0.1, -0.05) is 30.3 Å². The van der Waals surface area contributed by atoms with Gasteiger partial charge in [0.15, 0.2) is 0 Å². The lowest BCUT2D eigenvalue weighted by Crippen LogP contribution is -2.28. The van der Waals surface area contributed by atoms with E-state index in [-0.39, 0.29) is 6.61 Å². The zero-order valence-corrected chi connectivity index (χ0v) is 7.90. The summed E-state index contributed by atoms with van der Waals surface area (Å²) in [6.45, 7) is -0.569. The van der Waals surface area contributed by atoms with Crippen LogP contribution in [0.3, 0.4) is 0 Å². The number of benzene rings is 1. The van der Waals surface area contributed by atoms with Crippen LogP contribution in [0, 0.1) is 0 Å². The van der Waals surface area contributed by atoms with E-state index in [1.54, 1.807) is 12.1 Å². The first-order chi connectivity index (χ1) is 7.18. The molecule has 0 radical (unpaired) electrons. The monoisotopic (exact) mass is 211 g/mol. The molecule has 1 rings (SSSR count). The third-order valence-corrected chi connectivity index (χ3v) is 1.58. The van der Waals surface area contributed by atoms with Gasteiger partial charge in [-0.25, -0.2) is 4.79 Å². The highest BCUT2D eigenvalue weighted by Crippen LogP contribution is 2.00. The van der Waals surface area contributed by atoms with Crippen molar-refractivity contribution in [2.45, 2.75) is 6.61 Å². The Balaban J connectivity index is 2.26. The minimum absolute atomic E-state index is 0.0904. The van der Waals surface area contributed by atoms with Crippen molar-refractivity contribution in [1.82, 2.24) is 5.32 Å². The highest BCUT2D eigenvalue weighted by molar-refractivity contribution is 5.76. The zero-order valence-electron chi connectivity index (χ0n) is 7.90. The Kier molecular flexibility index (Phi) is 4.28. The fourth-order valence-corrected chi connectivity index (χ4v) is 0.916. The molecule has 0 saturated carbocycles. The second kappa shape index (κ2) is 5.74. The predicted octanol–water partition coefficient (Wildman–Crippen LogP) is 1.41. The lowest BCUT2D eigenvalue weighted by molar-refractivity contribution is -0.128. The van der Waals surface area contributed by atoms with Crippen LogP contribution < -0.4 is 5.32 Å². The Hall–Kier alpha value is -1.91. The first-order valence-electron chi connectivity index (χ1n) is 4.31. The molecule has 0 bridgehead atoms. The molecule has 0 aliphatic heterocycles. The highest BCUT2D eigenvalue weighted by atomic mass is 19.1. The van der Waals surface area contributed by atoms with Gasteiger partial charge in [0.1, 0.15) is 13.2 Å². The van der Waals surface area contributed by atoms with Crippen molar-refractivity contribution in [3.63, 3.8) is 0 Å². The van der Waals surface area contributed by atoms with Crippen LogP contribution in [-0.2, 0) is 16.1 Å². The molecule has 4 nitrogen and oxygen atoms in total. The summed E-state index contributed by atoms with van der Waals surface area (Å²) in [6.07, 6.45) is -0.815. The average molecular weight is 211 g/mol. The molecule has 0 heterocycles. The van der Waals surface area contributed by atoms with E-state index in [9.17, 15) is 14.0 Å².